The van der Waals surface area contributed by atoms with E-state index in [9.17, 15) is 8.60 Å². The molecule has 1 aromatic carbocycles. The van der Waals surface area contributed by atoms with Crippen molar-refractivity contribution < 1.29 is 8.60 Å². The van der Waals surface area contributed by atoms with E-state index < -0.39 is 10.8 Å². The highest BCUT2D eigenvalue weighted by atomic mass is 32.2. The van der Waals surface area contributed by atoms with Gasteiger partial charge in [-0.25, -0.2) is 9.37 Å². The van der Waals surface area contributed by atoms with Crippen molar-refractivity contribution in [2.75, 3.05) is 24.2 Å². The highest BCUT2D eigenvalue weighted by Crippen LogP contribution is 2.32. The van der Waals surface area contributed by atoms with Crippen molar-refractivity contribution >= 4 is 16.6 Å². The lowest BCUT2D eigenvalue weighted by molar-refractivity contribution is 0.569. The summed E-state index contributed by atoms with van der Waals surface area (Å²) in [6, 6.07) is 12.2. The van der Waals surface area contributed by atoms with Gasteiger partial charge in [0.2, 0.25) is 0 Å². The summed E-state index contributed by atoms with van der Waals surface area (Å²) in [5.74, 6) is 0.613. The van der Waals surface area contributed by atoms with Crippen LogP contribution in [0.2, 0.25) is 0 Å². The monoisotopic (exact) mass is 384 g/mol. The fourth-order valence-electron chi connectivity index (χ4n) is 3.51. The molecule has 1 aliphatic heterocycles. The molecule has 1 saturated heterocycles. The normalized spacial score (nSPS) is 16.4. The van der Waals surface area contributed by atoms with Gasteiger partial charge in [-0.1, -0.05) is 12.1 Å². The van der Waals surface area contributed by atoms with Gasteiger partial charge < -0.3 is 4.90 Å². The Kier molecular flexibility index (Phi) is 5.03. The average Bonchev–Trinajstić information content (AvgIpc) is 3.18. The van der Waals surface area contributed by atoms with E-state index in [1.807, 2.05) is 24.3 Å². The molecule has 0 radical (unpaired) electrons. The predicted molar refractivity (Wildman–Crippen MR) is 107 cm³/mol. The Hall–Kier alpha value is -2.54. The van der Waals surface area contributed by atoms with E-state index in [0.717, 1.165) is 48.6 Å². The van der Waals surface area contributed by atoms with Crippen LogP contribution in [-0.4, -0.2) is 44.0 Å². The Balaban J connectivity index is 1.62. The molecular formula is C20H21FN4OS. The van der Waals surface area contributed by atoms with Gasteiger partial charge in [-0.15, -0.1) is 0 Å². The van der Waals surface area contributed by atoms with E-state index in [1.54, 1.807) is 18.5 Å². The zero-order valence-corrected chi connectivity index (χ0v) is 15.9. The molecule has 4 rings (SSSR count). The summed E-state index contributed by atoms with van der Waals surface area (Å²) in [5.41, 5.74) is 3.23. The van der Waals surface area contributed by atoms with Gasteiger partial charge in [0, 0.05) is 52.7 Å². The molecule has 0 saturated carbocycles. The molecule has 0 amide bonds. The number of rotatable bonds is 4. The molecule has 3 aromatic rings. The minimum atomic E-state index is -0.778. The molecule has 1 atom stereocenters. The second-order valence-corrected chi connectivity index (χ2v) is 8.40. The van der Waals surface area contributed by atoms with Crippen LogP contribution in [-0.2, 0) is 10.8 Å². The fourth-order valence-corrected chi connectivity index (χ4v) is 4.39. The summed E-state index contributed by atoms with van der Waals surface area (Å²) in [6.07, 6.45) is 5.37. The van der Waals surface area contributed by atoms with Crippen LogP contribution in [0.15, 0.2) is 48.7 Å². The van der Waals surface area contributed by atoms with Crippen molar-refractivity contribution in [1.82, 2.24) is 15.2 Å². The maximum Gasteiger partial charge on any atom is 0.137 e. The van der Waals surface area contributed by atoms with E-state index >= 15 is 0 Å². The van der Waals surface area contributed by atoms with Crippen molar-refractivity contribution in [3.05, 3.63) is 54.5 Å². The van der Waals surface area contributed by atoms with E-state index in [4.69, 9.17) is 0 Å². The highest BCUT2D eigenvalue weighted by Gasteiger charge is 2.24. The minimum absolute atomic E-state index is 0.264. The maximum atomic E-state index is 13.5. The van der Waals surface area contributed by atoms with Gasteiger partial charge in [0.25, 0.3) is 0 Å². The van der Waals surface area contributed by atoms with Crippen LogP contribution in [0.1, 0.15) is 12.8 Å². The lowest BCUT2D eigenvalue weighted by Gasteiger charge is -2.32. The number of piperidine rings is 1. The number of aromatic amines is 1. The molecule has 1 N–H and O–H groups in total. The molecule has 0 spiro atoms. The number of nitrogens with zero attached hydrogens (tertiary/aromatic N) is 3. The third-order valence-electron chi connectivity index (χ3n) is 4.99. The number of nitrogens with one attached hydrogen (secondary N) is 1. The van der Waals surface area contributed by atoms with Crippen LogP contribution >= 0.6 is 0 Å². The van der Waals surface area contributed by atoms with Crippen LogP contribution in [0.25, 0.3) is 22.5 Å². The summed E-state index contributed by atoms with van der Waals surface area (Å²) < 4.78 is 25.2. The molecule has 1 aliphatic rings. The zero-order chi connectivity index (χ0) is 18.8. The predicted octanol–water partition coefficient (Wildman–Crippen LogP) is 3.63. The van der Waals surface area contributed by atoms with Crippen molar-refractivity contribution in [1.29, 1.82) is 0 Å². The third kappa shape index (κ3) is 3.78. The minimum Gasteiger partial charge on any atom is -0.356 e. The van der Waals surface area contributed by atoms with Crippen LogP contribution in [0.5, 0.6) is 0 Å². The van der Waals surface area contributed by atoms with Crippen LogP contribution in [0.4, 0.5) is 10.2 Å². The SMILES string of the molecule is CS(=O)C1CCN(c2ncccc2-c2cc(-c3cccc(F)c3)n[nH]2)CC1. The lowest BCUT2D eigenvalue weighted by Crippen LogP contribution is -2.38. The third-order valence-corrected chi connectivity index (χ3v) is 6.40. The summed E-state index contributed by atoms with van der Waals surface area (Å²) in [4.78, 5) is 6.82. The first-order chi connectivity index (χ1) is 13.1. The average molecular weight is 384 g/mol. The molecule has 2 aromatic heterocycles. The Bertz CT molecular complexity index is 966. The molecular weight excluding hydrogens is 363 g/mol. The number of pyridine rings is 1. The van der Waals surface area contributed by atoms with Gasteiger partial charge in [-0.05, 0) is 43.2 Å². The van der Waals surface area contributed by atoms with Crippen LogP contribution < -0.4 is 4.90 Å². The molecule has 27 heavy (non-hydrogen) atoms. The van der Waals surface area contributed by atoms with Crippen molar-refractivity contribution in [3.8, 4) is 22.5 Å². The Morgan fingerprint density at radius 1 is 1.19 bits per heavy atom. The lowest BCUT2D eigenvalue weighted by atomic mass is 10.1. The van der Waals surface area contributed by atoms with E-state index in [2.05, 4.69) is 20.1 Å². The summed E-state index contributed by atoms with van der Waals surface area (Å²) in [6.45, 7) is 1.66. The van der Waals surface area contributed by atoms with Gasteiger partial charge >= 0.3 is 0 Å². The quantitative estimate of drug-likeness (QED) is 0.746. The van der Waals surface area contributed by atoms with Crippen LogP contribution in [0, 0.1) is 5.82 Å². The topological polar surface area (TPSA) is 61.9 Å². The first kappa shape index (κ1) is 17.9. The number of benzene rings is 1. The van der Waals surface area contributed by atoms with Gasteiger partial charge in [0.05, 0.1) is 11.4 Å². The molecule has 1 unspecified atom stereocenters. The Labute approximate surface area is 160 Å². The summed E-state index contributed by atoms with van der Waals surface area (Å²) >= 11 is 0. The van der Waals surface area contributed by atoms with Gasteiger partial charge in [-0.3, -0.25) is 9.31 Å². The van der Waals surface area contributed by atoms with Crippen molar-refractivity contribution in [2.45, 2.75) is 18.1 Å². The molecule has 7 heteroatoms. The first-order valence-electron chi connectivity index (χ1n) is 8.96. The number of H-pyrrole nitrogens is 1. The Morgan fingerprint density at radius 2 is 2.00 bits per heavy atom. The number of halogens is 1. The molecule has 140 valence electrons. The van der Waals surface area contributed by atoms with E-state index in [1.165, 1.54) is 12.1 Å². The summed E-state index contributed by atoms with van der Waals surface area (Å²) in [5, 5.41) is 7.67. The maximum absolute atomic E-state index is 13.5. The van der Waals surface area contributed by atoms with Gasteiger partial charge in [0.1, 0.15) is 11.6 Å². The largest absolute Gasteiger partial charge is 0.356 e. The van der Waals surface area contributed by atoms with E-state index in [-0.39, 0.29) is 11.1 Å². The van der Waals surface area contributed by atoms with Crippen molar-refractivity contribution in [3.63, 3.8) is 0 Å². The number of aromatic nitrogens is 3. The van der Waals surface area contributed by atoms with Crippen molar-refractivity contribution in [2.24, 2.45) is 0 Å². The van der Waals surface area contributed by atoms with Gasteiger partial charge in [-0.2, -0.15) is 5.10 Å². The second kappa shape index (κ2) is 7.60. The molecule has 3 heterocycles. The Morgan fingerprint density at radius 3 is 2.74 bits per heavy atom. The molecule has 0 aliphatic carbocycles. The zero-order valence-electron chi connectivity index (χ0n) is 15.1. The fraction of sp³-hybridized carbons (Fsp3) is 0.300. The van der Waals surface area contributed by atoms with E-state index in [0.29, 0.717) is 5.69 Å². The molecule has 1 fully saturated rings. The number of anilines is 1. The number of hydrogen-bond donors (Lipinski definition) is 1. The second-order valence-electron chi connectivity index (χ2n) is 6.74. The van der Waals surface area contributed by atoms with Crippen LogP contribution in [0.3, 0.4) is 0 Å². The first-order valence-corrected chi connectivity index (χ1v) is 10.6. The smallest absolute Gasteiger partial charge is 0.137 e. The molecule has 0 bridgehead atoms. The standard InChI is InChI=1S/C20H21FN4OS/c1-27(26)16-7-10-25(11-8-16)20-17(6-3-9-22-20)19-13-18(23-24-19)14-4-2-5-15(21)12-14/h2-6,9,12-13,16H,7-8,10-11H2,1H3,(H,23,24). The number of hydrogen-bond acceptors (Lipinski definition) is 4. The summed E-state index contributed by atoms with van der Waals surface area (Å²) in [7, 11) is -0.778. The highest BCUT2D eigenvalue weighted by molar-refractivity contribution is 7.84. The molecule has 5 nitrogen and oxygen atoms in total. The van der Waals surface area contributed by atoms with Gasteiger partial charge in [0.15, 0.2) is 0 Å².